The summed E-state index contributed by atoms with van der Waals surface area (Å²) in [6, 6.07) is 15.6. The first-order chi connectivity index (χ1) is 18.0. The Kier molecular flexibility index (Phi) is 6.95. The molecule has 0 bridgehead atoms. The second-order valence-corrected chi connectivity index (χ2v) is 9.52. The number of carbonyl (C=O) groups is 2. The number of pyridine rings is 1. The van der Waals surface area contributed by atoms with Crippen molar-refractivity contribution in [1.29, 1.82) is 0 Å². The minimum Gasteiger partial charge on any atom is -0.507 e. The Bertz CT molecular complexity index is 1350. The van der Waals surface area contributed by atoms with Crippen molar-refractivity contribution >= 4 is 17.4 Å². The number of amides is 1. The number of benzene rings is 2. The van der Waals surface area contributed by atoms with Crippen LogP contribution >= 0.6 is 0 Å². The third-order valence-electron chi connectivity index (χ3n) is 6.73. The fraction of sp³-hybridized carbons (Fsp3) is 0.300. The Labute approximate surface area is 216 Å². The van der Waals surface area contributed by atoms with E-state index in [4.69, 9.17) is 9.47 Å². The molecule has 2 aromatic carbocycles. The van der Waals surface area contributed by atoms with Crippen LogP contribution in [0.15, 0.2) is 72.6 Å². The van der Waals surface area contributed by atoms with Gasteiger partial charge in [0.25, 0.3) is 11.7 Å². The SMILES string of the molecule is CCCCOc1cccc([C@H]2C(=C(O)c3ccc4c(c3)C[C@@H](C)O4)C(=O)C(=O)N2Cc2cccnc2)c1. The summed E-state index contributed by atoms with van der Waals surface area (Å²) in [5, 5.41) is 11.5. The molecule has 0 spiro atoms. The molecule has 5 rings (SSSR count). The van der Waals surface area contributed by atoms with Gasteiger partial charge in [-0.1, -0.05) is 31.5 Å². The summed E-state index contributed by atoms with van der Waals surface area (Å²) in [7, 11) is 0. The number of aliphatic hydroxyl groups is 1. The zero-order chi connectivity index (χ0) is 25.9. The van der Waals surface area contributed by atoms with Crippen molar-refractivity contribution in [3.63, 3.8) is 0 Å². The standard InChI is InChI=1S/C30H30N2O5/c1-3-4-13-36-24-9-5-8-21(16-24)27-26(28(33)22-10-11-25-23(15-22)14-19(2)37-25)29(34)30(35)32(27)18-20-7-6-12-31-17-20/h5-12,15-17,19,27,33H,3-4,13-14,18H2,1-2H3/t19-,27+/m1/s1. The van der Waals surface area contributed by atoms with E-state index in [1.54, 1.807) is 30.6 Å². The van der Waals surface area contributed by atoms with E-state index < -0.39 is 17.7 Å². The molecule has 2 aliphatic rings. The highest BCUT2D eigenvalue weighted by Crippen LogP contribution is 2.42. The normalized spacial score (nSPS) is 20.1. The lowest BCUT2D eigenvalue weighted by molar-refractivity contribution is -0.140. The van der Waals surface area contributed by atoms with Gasteiger partial charge in [-0.3, -0.25) is 14.6 Å². The van der Waals surface area contributed by atoms with Gasteiger partial charge in [0.2, 0.25) is 0 Å². The van der Waals surface area contributed by atoms with Gasteiger partial charge >= 0.3 is 0 Å². The number of hydrogen-bond acceptors (Lipinski definition) is 6. The number of ether oxygens (including phenoxy) is 2. The van der Waals surface area contributed by atoms with Crippen LogP contribution in [0, 0.1) is 0 Å². The van der Waals surface area contributed by atoms with Crippen LogP contribution in [0.1, 0.15) is 55.0 Å². The maximum absolute atomic E-state index is 13.4. The third kappa shape index (κ3) is 4.94. The molecule has 1 fully saturated rings. The third-order valence-corrected chi connectivity index (χ3v) is 6.73. The molecule has 7 nitrogen and oxygen atoms in total. The van der Waals surface area contributed by atoms with E-state index in [1.807, 2.05) is 43.3 Å². The quantitative estimate of drug-likeness (QED) is 0.199. The molecular formula is C30H30N2O5. The van der Waals surface area contributed by atoms with Crippen LogP contribution in [0.25, 0.3) is 5.76 Å². The fourth-order valence-electron chi connectivity index (χ4n) is 4.91. The van der Waals surface area contributed by atoms with Gasteiger partial charge in [0.1, 0.15) is 23.4 Å². The van der Waals surface area contributed by atoms with Gasteiger partial charge in [0, 0.05) is 30.9 Å². The molecule has 0 radical (unpaired) electrons. The number of nitrogens with zero attached hydrogens (tertiary/aromatic N) is 2. The summed E-state index contributed by atoms with van der Waals surface area (Å²) < 4.78 is 11.7. The summed E-state index contributed by atoms with van der Waals surface area (Å²) >= 11 is 0. The molecule has 2 aliphatic heterocycles. The first kappa shape index (κ1) is 24.6. The maximum atomic E-state index is 13.4. The molecule has 1 aromatic heterocycles. The summed E-state index contributed by atoms with van der Waals surface area (Å²) in [5.74, 6) is -0.146. The van der Waals surface area contributed by atoms with Crippen LogP contribution in [-0.2, 0) is 22.6 Å². The smallest absolute Gasteiger partial charge is 0.295 e. The predicted molar refractivity (Wildman–Crippen MR) is 139 cm³/mol. The Morgan fingerprint density at radius 1 is 1.16 bits per heavy atom. The summed E-state index contributed by atoms with van der Waals surface area (Å²) in [6.07, 6.45) is 6.02. The van der Waals surface area contributed by atoms with Gasteiger partial charge in [0.15, 0.2) is 0 Å². The van der Waals surface area contributed by atoms with E-state index >= 15 is 0 Å². The van der Waals surface area contributed by atoms with E-state index in [0.29, 0.717) is 29.9 Å². The van der Waals surface area contributed by atoms with Crippen LogP contribution in [0.5, 0.6) is 11.5 Å². The molecule has 1 saturated heterocycles. The number of likely N-dealkylation sites (tertiary alicyclic amines) is 1. The number of aromatic nitrogens is 1. The molecule has 0 aliphatic carbocycles. The number of carbonyl (C=O) groups excluding carboxylic acids is 2. The lowest BCUT2D eigenvalue weighted by Crippen LogP contribution is -2.29. The van der Waals surface area contributed by atoms with Crippen molar-refractivity contribution in [2.24, 2.45) is 0 Å². The van der Waals surface area contributed by atoms with E-state index in [-0.39, 0.29) is 24.0 Å². The highest BCUT2D eigenvalue weighted by Gasteiger charge is 2.46. The topological polar surface area (TPSA) is 89.0 Å². The number of hydrogen-bond donors (Lipinski definition) is 1. The number of fused-ring (bicyclic) bond motifs is 1. The van der Waals surface area contributed by atoms with Crippen LogP contribution in [0.2, 0.25) is 0 Å². The van der Waals surface area contributed by atoms with Crippen molar-refractivity contribution in [3.8, 4) is 11.5 Å². The molecule has 3 aromatic rings. The van der Waals surface area contributed by atoms with E-state index in [1.165, 1.54) is 4.90 Å². The van der Waals surface area contributed by atoms with Crippen LogP contribution in [0.3, 0.4) is 0 Å². The van der Waals surface area contributed by atoms with Gasteiger partial charge in [-0.25, -0.2) is 0 Å². The number of aliphatic hydroxyl groups excluding tert-OH is 1. The molecule has 1 N–H and O–H groups in total. The first-order valence-electron chi connectivity index (χ1n) is 12.7. The van der Waals surface area contributed by atoms with Crippen LogP contribution in [0.4, 0.5) is 0 Å². The highest BCUT2D eigenvalue weighted by molar-refractivity contribution is 6.46. The first-order valence-corrected chi connectivity index (χ1v) is 12.7. The molecule has 7 heteroatoms. The molecule has 0 saturated carbocycles. The Morgan fingerprint density at radius 3 is 2.81 bits per heavy atom. The average molecular weight is 499 g/mol. The Hall–Kier alpha value is -4.13. The Balaban J connectivity index is 1.59. The second kappa shape index (κ2) is 10.5. The molecule has 190 valence electrons. The van der Waals surface area contributed by atoms with Gasteiger partial charge < -0.3 is 19.5 Å². The van der Waals surface area contributed by atoms with Crippen molar-refractivity contribution in [2.75, 3.05) is 6.61 Å². The second-order valence-electron chi connectivity index (χ2n) is 9.52. The maximum Gasteiger partial charge on any atom is 0.295 e. The largest absolute Gasteiger partial charge is 0.507 e. The molecular weight excluding hydrogens is 468 g/mol. The monoisotopic (exact) mass is 498 g/mol. The number of ketones is 1. The van der Waals surface area contributed by atoms with Gasteiger partial charge in [-0.2, -0.15) is 0 Å². The minimum atomic E-state index is -0.779. The summed E-state index contributed by atoms with van der Waals surface area (Å²) in [4.78, 5) is 32.4. The lowest BCUT2D eigenvalue weighted by atomic mass is 9.94. The number of Topliss-reactive ketones (excluding diaryl/α,β-unsaturated/α-hetero) is 1. The van der Waals surface area contributed by atoms with Crippen LogP contribution < -0.4 is 9.47 Å². The fourth-order valence-corrected chi connectivity index (χ4v) is 4.91. The van der Waals surface area contributed by atoms with E-state index in [0.717, 1.165) is 29.7 Å². The molecule has 0 unspecified atom stereocenters. The van der Waals surface area contributed by atoms with E-state index in [9.17, 15) is 14.7 Å². The van der Waals surface area contributed by atoms with Gasteiger partial charge in [0.05, 0.1) is 18.2 Å². The van der Waals surface area contributed by atoms with Crippen LogP contribution in [-0.4, -0.2) is 39.4 Å². The van der Waals surface area contributed by atoms with Gasteiger partial charge in [-0.05, 0) is 66.4 Å². The average Bonchev–Trinajstić information content (AvgIpc) is 3.40. The number of rotatable bonds is 8. The van der Waals surface area contributed by atoms with Crippen molar-refractivity contribution < 1.29 is 24.2 Å². The molecule has 3 heterocycles. The highest BCUT2D eigenvalue weighted by atomic mass is 16.5. The number of unbranched alkanes of at least 4 members (excludes halogenated alkanes) is 1. The summed E-state index contributed by atoms with van der Waals surface area (Å²) in [5.41, 5.74) is 2.98. The van der Waals surface area contributed by atoms with Crippen molar-refractivity contribution in [2.45, 2.75) is 51.8 Å². The van der Waals surface area contributed by atoms with Crippen molar-refractivity contribution in [1.82, 2.24) is 9.88 Å². The molecule has 2 atom stereocenters. The zero-order valence-corrected chi connectivity index (χ0v) is 21.0. The molecule has 1 amide bonds. The predicted octanol–water partition coefficient (Wildman–Crippen LogP) is 5.21. The Morgan fingerprint density at radius 2 is 2.03 bits per heavy atom. The van der Waals surface area contributed by atoms with Gasteiger partial charge in [-0.15, -0.1) is 0 Å². The molecule has 37 heavy (non-hydrogen) atoms. The van der Waals surface area contributed by atoms with Crippen molar-refractivity contribution in [3.05, 3.63) is 94.8 Å². The lowest BCUT2D eigenvalue weighted by Gasteiger charge is -2.25. The van der Waals surface area contributed by atoms with E-state index in [2.05, 4.69) is 11.9 Å². The summed E-state index contributed by atoms with van der Waals surface area (Å²) in [6.45, 7) is 4.83. The zero-order valence-electron chi connectivity index (χ0n) is 21.0. The minimum absolute atomic E-state index is 0.0490.